The van der Waals surface area contributed by atoms with E-state index in [4.69, 9.17) is 16.4 Å². The van der Waals surface area contributed by atoms with Gasteiger partial charge in [0.15, 0.2) is 0 Å². The third-order valence-electron chi connectivity index (χ3n) is 3.62. The molecule has 0 radical (unpaired) electrons. The molecule has 5 heteroatoms. The second-order valence-corrected chi connectivity index (χ2v) is 6.85. The van der Waals surface area contributed by atoms with Gasteiger partial charge in [-0.05, 0) is 45.6 Å². The van der Waals surface area contributed by atoms with Crippen LogP contribution in [0.3, 0.4) is 0 Å². The second kappa shape index (κ2) is 7.33. The van der Waals surface area contributed by atoms with Gasteiger partial charge < -0.3 is 10.2 Å². The highest BCUT2D eigenvalue weighted by molar-refractivity contribution is 6.34. The standard InChI is InChI=1S/C18H22ClN3O/c1-12(2)23-22-17(11-20-15-7-8-15)18-16(19)9-14(10-21-18)6-5-13-3-4-13/h9-10,12-13,15,20H,3-4,7-8,11H2,1-2H3. The highest BCUT2D eigenvalue weighted by atomic mass is 35.5. The lowest BCUT2D eigenvalue weighted by atomic mass is 10.2. The Hall–Kier alpha value is -1.57. The van der Waals surface area contributed by atoms with E-state index < -0.39 is 0 Å². The lowest BCUT2D eigenvalue weighted by Gasteiger charge is -2.10. The number of nitrogens with zero attached hydrogens (tertiary/aromatic N) is 2. The fraction of sp³-hybridized carbons (Fsp3) is 0.556. The Labute approximate surface area is 142 Å². The van der Waals surface area contributed by atoms with Crippen LogP contribution in [0, 0.1) is 17.8 Å². The van der Waals surface area contributed by atoms with Crippen molar-refractivity contribution in [3.05, 3.63) is 28.5 Å². The molecule has 1 N–H and O–H groups in total. The van der Waals surface area contributed by atoms with E-state index >= 15 is 0 Å². The fourth-order valence-corrected chi connectivity index (χ4v) is 2.26. The minimum atomic E-state index is 0.0217. The normalized spacial score (nSPS) is 17.8. The van der Waals surface area contributed by atoms with E-state index in [0.29, 0.717) is 29.2 Å². The van der Waals surface area contributed by atoms with Gasteiger partial charge in [0.2, 0.25) is 0 Å². The summed E-state index contributed by atoms with van der Waals surface area (Å²) in [5.41, 5.74) is 2.25. The van der Waals surface area contributed by atoms with E-state index in [1.165, 1.54) is 25.7 Å². The third kappa shape index (κ3) is 5.23. The quantitative estimate of drug-likeness (QED) is 0.494. The smallest absolute Gasteiger partial charge is 0.122 e. The van der Waals surface area contributed by atoms with Gasteiger partial charge in [0.1, 0.15) is 17.5 Å². The molecule has 1 aromatic rings. The number of nitrogens with one attached hydrogen (secondary N) is 1. The van der Waals surface area contributed by atoms with E-state index in [-0.39, 0.29) is 6.10 Å². The Bertz CT molecular complexity index is 652. The molecule has 1 aromatic heterocycles. The van der Waals surface area contributed by atoms with Crippen molar-refractivity contribution < 1.29 is 4.84 Å². The topological polar surface area (TPSA) is 46.5 Å². The summed E-state index contributed by atoms with van der Waals surface area (Å²) in [6.07, 6.45) is 6.64. The molecular weight excluding hydrogens is 310 g/mol. The molecule has 0 atom stereocenters. The highest BCUT2D eigenvalue weighted by Crippen LogP contribution is 2.27. The molecular formula is C18H22ClN3O. The van der Waals surface area contributed by atoms with Gasteiger partial charge in [-0.15, -0.1) is 0 Å². The third-order valence-corrected chi connectivity index (χ3v) is 3.91. The summed E-state index contributed by atoms with van der Waals surface area (Å²) < 4.78 is 0. The van der Waals surface area contributed by atoms with Crippen LogP contribution in [-0.2, 0) is 4.84 Å². The summed E-state index contributed by atoms with van der Waals surface area (Å²) in [6.45, 7) is 4.50. The van der Waals surface area contributed by atoms with Crippen molar-refractivity contribution in [2.24, 2.45) is 11.1 Å². The SMILES string of the molecule is CC(C)ON=C(CNC1CC1)c1ncc(C#CC2CC2)cc1Cl. The van der Waals surface area contributed by atoms with Crippen molar-refractivity contribution in [2.45, 2.75) is 51.7 Å². The monoisotopic (exact) mass is 331 g/mol. The van der Waals surface area contributed by atoms with Crippen LogP contribution in [0.1, 0.15) is 50.8 Å². The molecule has 0 aromatic carbocycles. The zero-order valence-corrected chi connectivity index (χ0v) is 14.4. The largest absolute Gasteiger partial charge is 0.393 e. The van der Waals surface area contributed by atoms with Crippen molar-refractivity contribution in [2.75, 3.05) is 6.54 Å². The zero-order valence-electron chi connectivity index (χ0n) is 13.6. The van der Waals surface area contributed by atoms with Crippen molar-refractivity contribution in [1.82, 2.24) is 10.3 Å². The zero-order chi connectivity index (χ0) is 16.2. The number of aromatic nitrogens is 1. The van der Waals surface area contributed by atoms with Crippen molar-refractivity contribution in [3.8, 4) is 11.8 Å². The first-order valence-electron chi connectivity index (χ1n) is 8.25. The fourth-order valence-electron chi connectivity index (χ4n) is 1.99. The molecule has 2 fully saturated rings. The molecule has 4 nitrogen and oxygen atoms in total. The summed E-state index contributed by atoms with van der Waals surface area (Å²) >= 11 is 6.41. The number of rotatable bonds is 6. The van der Waals surface area contributed by atoms with Gasteiger partial charge in [0.05, 0.1) is 5.02 Å². The van der Waals surface area contributed by atoms with E-state index in [1.807, 2.05) is 19.9 Å². The summed E-state index contributed by atoms with van der Waals surface area (Å²) in [5.74, 6) is 6.92. The molecule has 0 aliphatic heterocycles. The first kappa shape index (κ1) is 16.3. The second-order valence-electron chi connectivity index (χ2n) is 6.45. The van der Waals surface area contributed by atoms with Crippen LogP contribution in [0.4, 0.5) is 0 Å². The Morgan fingerprint density at radius 3 is 2.83 bits per heavy atom. The van der Waals surface area contributed by atoms with Crippen LogP contribution in [0.5, 0.6) is 0 Å². The molecule has 1 heterocycles. The van der Waals surface area contributed by atoms with Crippen LogP contribution in [0.25, 0.3) is 0 Å². The first-order chi connectivity index (χ1) is 11.1. The maximum absolute atomic E-state index is 6.41. The number of hydrogen-bond donors (Lipinski definition) is 1. The lowest BCUT2D eigenvalue weighted by molar-refractivity contribution is 0.0857. The Balaban J connectivity index is 1.76. The van der Waals surface area contributed by atoms with E-state index in [2.05, 4.69) is 27.3 Å². The average Bonchev–Trinajstić information content (AvgIpc) is 3.40. The molecule has 2 saturated carbocycles. The number of halogens is 1. The minimum Gasteiger partial charge on any atom is -0.393 e. The van der Waals surface area contributed by atoms with Crippen LogP contribution in [0.15, 0.2) is 17.4 Å². The molecule has 0 amide bonds. The van der Waals surface area contributed by atoms with E-state index in [0.717, 1.165) is 11.3 Å². The van der Waals surface area contributed by atoms with Crippen LogP contribution in [-0.4, -0.2) is 29.4 Å². The molecule has 0 saturated heterocycles. The predicted octanol–water partition coefficient (Wildman–Crippen LogP) is 3.38. The van der Waals surface area contributed by atoms with Gasteiger partial charge in [-0.25, -0.2) is 0 Å². The van der Waals surface area contributed by atoms with Gasteiger partial charge >= 0.3 is 0 Å². The van der Waals surface area contributed by atoms with E-state index in [1.54, 1.807) is 6.20 Å². The Kier molecular flexibility index (Phi) is 5.20. The van der Waals surface area contributed by atoms with Crippen LogP contribution >= 0.6 is 11.6 Å². The molecule has 122 valence electrons. The lowest BCUT2D eigenvalue weighted by Crippen LogP contribution is -2.27. The van der Waals surface area contributed by atoms with Crippen LogP contribution in [0.2, 0.25) is 5.02 Å². The van der Waals surface area contributed by atoms with Crippen molar-refractivity contribution in [3.63, 3.8) is 0 Å². The minimum absolute atomic E-state index is 0.0217. The molecule has 0 spiro atoms. The maximum atomic E-state index is 6.41. The van der Waals surface area contributed by atoms with Gasteiger partial charge in [0, 0.05) is 30.3 Å². The van der Waals surface area contributed by atoms with Gasteiger partial charge in [-0.1, -0.05) is 28.6 Å². The molecule has 2 aliphatic carbocycles. The number of hydrogen-bond acceptors (Lipinski definition) is 4. The van der Waals surface area contributed by atoms with Crippen LogP contribution < -0.4 is 5.32 Å². The maximum Gasteiger partial charge on any atom is 0.122 e. The predicted molar refractivity (Wildman–Crippen MR) is 92.6 cm³/mol. The molecule has 0 bridgehead atoms. The van der Waals surface area contributed by atoms with Gasteiger partial charge in [-0.2, -0.15) is 0 Å². The summed E-state index contributed by atoms with van der Waals surface area (Å²) in [6, 6.07) is 2.45. The first-order valence-corrected chi connectivity index (χ1v) is 8.63. The summed E-state index contributed by atoms with van der Waals surface area (Å²) in [4.78, 5) is 9.87. The van der Waals surface area contributed by atoms with E-state index in [9.17, 15) is 0 Å². The molecule has 3 rings (SSSR count). The molecule has 2 aliphatic rings. The van der Waals surface area contributed by atoms with Crippen molar-refractivity contribution >= 4 is 17.3 Å². The number of oxime groups is 1. The Morgan fingerprint density at radius 1 is 1.43 bits per heavy atom. The average molecular weight is 332 g/mol. The summed E-state index contributed by atoms with van der Waals surface area (Å²) in [5, 5.41) is 8.24. The summed E-state index contributed by atoms with van der Waals surface area (Å²) in [7, 11) is 0. The van der Waals surface area contributed by atoms with Crippen molar-refractivity contribution in [1.29, 1.82) is 0 Å². The van der Waals surface area contributed by atoms with Gasteiger partial charge in [-0.3, -0.25) is 4.98 Å². The Morgan fingerprint density at radius 2 is 2.22 bits per heavy atom. The highest BCUT2D eigenvalue weighted by Gasteiger charge is 2.22. The molecule has 0 unspecified atom stereocenters. The molecule has 23 heavy (non-hydrogen) atoms. The number of pyridine rings is 1. The van der Waals surface area contributed by atoms with Gasteiger partial charge in [0.25, 0.3) is 0 Å².